The van der Waals surface area contributed by atoms with Gasteiger partial charge in [0.1, 0.15) is 5.75 Å². The Morgan fingerprint density at radius 1 is 1.17 bits per heavy atom. The molecule has 1 aromatic heterocycles. The van der Waals surface area contributed by atoms with Crippen LogP contribution in [0.5, 0.6) is 5.75 Å². The van der Waals surface area contributed by atoms with Gasteiger partial charge in [0, 0.05) is 18.7 Å². The molecule has 0 saturated heterocycles. The van der Waals surface area contributed by atoms with Crippen molar-refractivity contribution >= 4 is 31.9 Å². The van der Waals surface area contributed by atoms with Crippen LogP contribution in [0.15, 0.2) is 24.3 Å². The molecule has 0 atom stereocenters. The normalized spacial score (nSPS) is 11.9. The Kier molecular flexibility index (Phi) is 3.27. The Morgan fingerprint density at radius 2 is 1.83 bits per heavy atom. The van der Waals surface area contributed by atoms with Crippen LogP contribution in [-0.4, -0.2) is 30.1 Å². The maximum Gasteiger partial charge on any atom is 0.505 e. The summed E-state index contributed by atoms with van der Waals surface area (Å²) in [4.78, 5) is 0. The standard InChI is InChI=1S/C12H18BNO3Si/c1-14-11-8-10(17-18(2,3)4)6-5-9(11)7-12(14)13(15)16/h5-8,15-16H,1-4H3. The third-order valence-corrected chi connectivity index (χ3v) is 3.59. The van der Waals surface area contributed by atoms with E-state index in [1.807, 2.05) is 25.2 Å². The highest BCUT2D eigenvalue weighted by Crippen LogP contribution is 2.23. The molecule has 0 bridgehead atoms. The summed E-state index contributed by atoms with van der Waals surface area (Å²) < 4.78 is 7.71. The van der Waals surface area contributed by atoms with Gasteiger partial charge in [-0.1, -0.05) is 0 Å². The molecule has 18 heavy (non-hydrogen) atoms. The number of benzene rings is 1. The molecule has 1 heterocycles. The van der Waals surface area contributed by atoms with Crippen molar-refractivity contribution < 1.29 is 14.5 Å². The molecule has 0 aliphatic heterocycles. The first kappa shape index (κ1) is 13.2. The Labute approximate surface area is 108 Å². The Bertz CT molecular complexity index is 574. The van der Waals surface area contributed by atoms with Gasteiger partial charge < -0.3 is 19.0 Å². The first-order chi connectivity index (χ1) is 8.28. The van der Waals surface area contributed by atoms with Crippen LogP contribution in [0.4, 0.5) is 0 Å². The van der Waals surface area contributed by atoms with Crippen LogP contribution in [0.1, 0.15) is 0 Å². The average Bonchev–Trinajstić information content (AvgIpc) is 2.54. The lowest BCUT2D eigenvalue weighted by molar-refractivity contribution is 0.423. The lowest BCUT2D eigenvalue weighted by Gasteiger charge is -2.19. The molecule has 96 valence electrons. The van der Waals surface area contributed by atoms with E-state index in [1.54, 1.807) is 10.6 Å². The molecule has 0 fully saturated rings. The summed E-state index contributed by atoms with van der Waals surface area (Å²) in [7, 11) is -1.27. The molecule has 4 nitrogen and oxygen atoms in total. The molecule has 0 aliphatic rings. The van der Waals surface area contributed by atoms with Gasteiger partial charge in [-0.2, -0.15) is 0 Å². The molecule has 0 saturated carbocycles. The van der Waals surface area contributed by atoms with Crippen molar-refractivity contribution in [3.8, 4) is 5.75 Å². The van der Waals surface area contributed by atoms with Gasteiger partial charge in [-0.05, 0) is 43.2 Å². The molecule has 0 unspecified atom stereocenters. The van der Waals surface area contributed by atoms with Crippen LogP contribution >= 0.6 is 0 Å². The second kappa shape index (κ2) is 4.46. The SMILES string of the molecule is Cn1c(B(O)O)cc2ccc(O[Si](C)(C)C)cc21. The van der Waals surface area contributed by atoms with Crippen LogP contribution in [-0.2, 0) is 7.05 Å². The zero-order valence-corrected chi connectivity index (χ0v) is 12.1. The highest BCUT2D eigenvalue weighted by Gasteiger charge is 2.19. The molecule has 0 aliphatic carbocycles. The smallest absolute Gasteiger partial charge is 0.505 e. The molecule has 1 aromatic carbocycles. The van der Waals surface area contributed by atoms with E-state index in [0.29, 0.717) is 5.59 Å². The van der Waals surface area contributed by atoms with Crippen molar-refractivity contribution in [3.63, 3.8) is 0 Å². The van der Waals surface area contributed by atoms with Gasteiger partial charge in [0.05, 0.1) is 5.52 Å². The molecule has 0 radical (unpaired) electrons. The summed E-state index contributed by atoms with van der Waals surface area (Å²) in [5.41, 5.74) is 1.42. The molecule has 2 aromatic rings. The summed E-state index contributed by atoms with van der Waals surface area (Å²) in [5.74, 6) is 0.835. The topological polar surface area (TPSA) is 54.6 Å². The third-order valence-electron chi connectivity index (χ3n) is 2.74. The zero-order valence-electron chi connectivity index (χ0n) is 11.1. The van der Waals surface area contributed by atoms with Gasteiger partial charge in [-0.3, -0.25) is 0 Å². The molecule has 0 amide bonds. The van der Waals surface area contributed by atoms with E-state index < -0.39 is 15.4 Å². The van der Waals surface area contributed by atoms with E-state index >= 15 is 0 Å². The number of fused-ring (bicyclic) bond motifs is 1. The summed E-state index contributed by atoms with van der Waals surface area (Å²) in [6.07, 6.45) is 0. The highest BCUT2D eigenvalue weighted by atomic mass is 28.4. The van der Waals surface area contributed by atoms with E-state index in [0.717, 1.165) is 16.7 Å². The Morgan fingerprint density at radius 3 is 2.39 bits per heavy atom. The quantitative estimate of drug-likeness (QED) is 0.814. The van der Waals surface area contributed by atoms with E-state index in [2.05, 4.69) is 19.6 Å². The Balaban J connectivity index is 2.48. The molecule has 0 spiro atoms. The van der Waals surface area contributed by atoms with Crippen molar-refractivity contribution in [2.45, 2.75) is 19.6 Å². The fourth-order valence-corrected chi connectivity index (χ4v) is 2.83. The van der Waals surface area contributed by atoms with Gasteiger partial charge in [0.15, 0.2) is 0 Å². The molecular formula is C12H18BNO3Si. The van der Waals surface area contributed by atoms with Crippen LogP contribution in [0.3, 0.4) is 0 Å². The van der Waals surface area contributed by atoms with Crippen molar-refractivity contribution in [1.82, 2.24) is 4.57 Å². The zero-order chi connectivity index (χ0) is 13.5. The molecular weight excluding hydrogens is 245 g/mol. The maximum atomic E-state index is 9.27. The fourth-order valence-electron chi connectivity index (χ4n) is 2.00. The van der Waals surface area contributed by atoms with Crippen LogP contribution in [0.25, 0.3) is 10.9 Å². The number of aromatic nitrogens is 1. The van der Waals surface area contributed by atoms with Crippen LogP contribution < -0.4 is 10.0 Å². The largest absolute Gasteiger partial charge is 0.544 e. The minimum Gasteiger partial charge on any atom is -0.544 e. The van der Waals surface area contributed by atoms with E-state index in [-0.39, 0.29) is 0 Å². The van der Waals surface area contributed by atoms with E-state index in [4.69, 9.17) is 4.43 Å². The predicted octanol–water partition coefficient (Wildman–Crippen LogP) is 1.07. The molecule has 6 heteroatoms. The van der Waals surface area contributed by atoms with Crippen molar-refractivity contribution in [2.24, 2.45) is 7.05 Å². The third kappa shape index (κ3) is 2.60. The first-order valence-corrected chi connectivity index (χ1v) is 9.33. The van der Waals surface area contributed by atoms with Crippen molar-refractivity contribution in [1.29, 1.82) is 0 Å². The highest BCUT2D eigenvalue weighted by molar-refractivity contribution is 6.70. The minimum absolute atomic E-state index is 0.482. The van der Waals surface area contributed by atoms with Crippen LogP contribution in [0, 0.1) is 0 Å². The second-order valence-corrected chi connectivity index (χ2v) is 9.87. The maximum absolute atomic E-state index is 9.27. The van der Waals surface area contributed by atoms with Gasteiger partial charge in [0.2, 0.25) is 8.32 Å². The van der Waals surface area contributed by atoms with Gasteiger partial charge in [-0.15, -0.1) is 0 Å². The average molecular weight is 263 g/mol. The summed E-state index contributed by atoms with van der Waals surface area (Å²) >= 11 is 0. The summed E-state index contributed by atoms with van der Waals surface area (Å²) in [6, 6.07) is 7.59. The monoisotopic (exact) mass is 263 g/mol. The lowest BCUT2D eigenvalue weighted by Crippen LogP contribution is -2.34. The second-order valence-electron chi connectivity index (χ2n) is 5.44. The Hall–Kier alpha value is -1.24. The first-order valence-electron chi connectivity index (χ1n) is 5.92. The van der Waals surface area contributed by atoms with Crippen LogP contribution in [0.2, 0.25) is 19.6 Å². The number of aryl methyl sites for hydroxylation is 1. The number of hydrogen-bond donors (Lipinski definition) is 2. The van der Waals surface area contributed by atoms with Gasteiger partial charge >= 0.3 is 7.12 Å². The van der Waals surface area contributed by atoms with Crippen molar-refractivity contribution in [3.05, 3.63) is 24.3 Å². The number of rotatable bonds is 3. The van der Waals surface area contributed by atoms with Gasteiger partial charge in [0.25, 0.3) is 0 Å². The molecule has 2 rings (SSSR count). The minimum atomic E-state index is -1.63. The number of hydrogen-bond acceptors (Lipinski definition) is 3. The predicted molar refractivity (Wildman–Crippen MR) is 76.7 cm³/mol. The van der Waals surface area contributed by atoms with Gasteiger partial charge in [-0.25, -0.2) is 0 Å². The fraction of sp³-hybridized carbons (Fsp3) is 0.333. The summed E-state index contributed by atoms with van der Waals surface area (Å²) in [6.45, 7) is 6.39. The number of nitrogens with zero attached hydrogens (tertiary/aromatic N) is 1. The lowest BCUT2D eigenvalue weighted by atomic mass is 9.86. The van der Waals surface area contributed by atoms with Crippen molar-refractivity contribution in [2.75, 3.05) is 0 Å². The van der Waals surface area contributed by atoms with E-state index in [1.165, 1.54) is 0 Å². The molecule has 2 N–H and O–H groups in total. The summed E-state index contributed by atoms with van der Waals surface area (Å²) in [5, 5.41) is 19.5. The van der Waals surface area contributed by atoms with E-state index in [9.17, 15) is 10.0 Å².